The summed E-state index contributed by atoms with van der Waals surface area (Å²) in [6.45, 7) is 3.71. The Bertz CT molecular complexity index is 1330. The molecule has 0 spiro atoms. The minimum atomic E-state index is -0.164. The highest BCUT2D eigenvalue weighted by molar-refractivity contribution is 5.57. The largest absolute Gasteiger partial charge is 0.486 e. The van der Waals surface area contributed by atoms with E-state index in [0.29, 0.717) is 29.7 Å². The van der Waals surface area contributed by atoms with Gasteiger partial charge in [-0.15, -0.1) is 0 Å². The third-order valence-corrected chi connectivity index (χ3v) is 6.69. The van der Waals surface area contributed by atoms with Gasteiger partial charge in [0.1, 0.15) is 6.10 Å². The molecule has 3 aromatic heterocycles. The zero-order valence-corrected chi connectivity index (χ0v) is 18.7. The molecule has 3 fully saturated rings. The first-order valence-electron chi connectivity index (χ1n) is 11.6. The zero-order chi connectivity index (χ0) is 22.9. The van der Waals surface area contributed by atoms with Crippen molar-refractivity contribution in [2.75, 3.05) is 19.6 Å². The van der Waals surface area contributed by atoms with Gasteiger partial charge < -0.3 is 4.74 Å². The van der Waals surface area contributed by atoms with Crippen molar-refractivity contribution in [1.29, 1.82) is 0 Å². The number of piperidine rings is 3. The van der Waals surface area contributed by atoms with Crippen molar-refractivity contribution in [3.05, 3.63) is 77.1 Å². The van der Waals surface area contributed by atoms with Gasteiger partial charge in [-0.3, -0.25) is 14.8 Å². The maximum Gasteiger partial charge on any atom is 0.267 e. The topological polar surface area (TPSA) is 102 Å². The Kier molecular flexibility index (Phi) is 5.38. The quantitative estimate of drug-likeness (QED) is 0.477. The number of H-pyrrole nitrogens is 1. The van der Waals surface area contributed by atoms with Crippen molar-refractivity contribution >= 4 is 0 Å². The summed E-state index contributed by atoms with van der Waals surface area (Å²) >= 11 is 0. The highest BCUT2D eigenvalue weighted by Crippen LogP contribution is 2.30. The molecule has 4 aromatic rings. The minimum absolute atomic E-state index is 0.164. The molecule has 9 heteroatoms. The van der Waals surface area contributed by atoms with Gasteiger partial charge in [0.05, 0.1) is 30.8 Å². The highest BCUT2D eigenvalue weighted by Gasteiger charge is 2.35. The van der Waals surface area contributed by atoms with Crippen LogP contribution in [0.25, 0.3) is 22.6 Å². The monoisotopic (exact) mass is 455 g/mol. The zero-order valence-electron chi connectivity index (χ0n) is 18.7. The van der Waals surface area contributed by atoms with E-state index in [-0.39, 0.29) is 11.7 Å². The van der Waals surface area contributed by atoms with E-state index < -0.39 is 0 Å². The Hall–Kier alpha value is -3.85. The Labute approximate surface area is 196 Å². The fraction of sp³-hybridized carbons (Fsp3) is 0.320. The highest BCUT2D eigenvalue weighted by atomic mass is 16.5. The molecule has 0 saturated carbocycles. The van der Waals surface area contributed by atoms with Crippen LogP contribution in [0.2, 0.25) is 0 Å². The summed E-state index contributed by atoms with van der Waals surface area (Å²) in [6.07, 6.45) is 9.58. The fourth-order valence-electron chi connectivity index (χ4n) is 4.83. The van der Waals surface area contributed by atoms with E-state index in [9.17, 15) is 4.79 Å². The van der Waals surface area contributed by atoms with Gasteiger partial charge in [0.25, 0.3) is 5.56 Å². The predicted octanol–water partition coefficient (Wildman–Crippen LogP) is 2.61. The third-order valence-electron chi connectivity index (χ3n) is 6.69. The molecule has 1 unspecified atom stereocenters. The van der Waals surface area contributed by atoms with Crippen molar-refractivity contribution in [2.24, 2.45) is 5.92 Å². The summed E-state index contributed by atoms with van der Waals surface area (Å²) in [7, 11) is 0. The van der Waals surface area contributed by atoms with E-state index in [1.165, 1.54) is 36.7 Å². The predicted molar refractivity (Wildman–Crippen MR) is 126 cm³/mol. The van der Waals surface area contributed by atoms with Crippen LogP contribution in [0, 0.1) is 5.92 Å². The number of aromatic nitrogens is 6. The van der Waals surface area contributed by atoms with Crippen LogP contribution in [-0.2, 0) is 6.54 Å². The third kappa shape index (κ3) is 4.22. The number of nitrogens with one attached hydrogen (secondary N) is 1. The van der Waals surface area contributed by atoms with Crippen LogP contribution in [0.15, 0.2) is 66.0 Å². The van der Waals surface area contributed by atoms with Crippen molar-refractivity contribution in [3.8, 4) is 28.4 Å². The molecule has 0 radical (unpaired) electrons. The number of fused-ring (bicyclic) bond motifs is 3. The normalized spacial score (nSPS) is 21.5. The summed E-state index contributed by atoms with van der Waals surface area (Å²) < 4.78 is 7.67. The summed E-state index contributed by atoms with van der Waals surface area (Å²) in [6, 6.07) is 11.1. The molecule has 9 nitrogen and oxygen atoms in total. The Balaban J connectivity index is 1.18. The average Bonchev–Trinajstić information content (AvgIpc) is 3.42. The molecule has 0 aliphatic carbocycles. The number of nitrogens with zero attached hydrogens (tertiary/aromatic N) is 6. The molecule has 1 atom stereocenters. The number of aromatic amines is 1. The van der Waals surface area contributed by atoms with Gasteiger partial charge >= 0.3 is 0 Å². The molecule has 34 heavy (non-hydrogen) atoms. The Morgan fingerprint density at radius 2 is 1.88 bits per heavy atom. The lowest BCUT2D eigenvalue weighted by Crippen LogP contribution is -2.52. The lowest BCUT2D eigenvalue weighted by atomic mass is 9.86. The number of hydrogen-bond acceptors (Lipinski definition) is 7. The molecular weight excluding hydrogens is 430 g/mol. The van der Waals surface area contributed by atoms with E-state index in [1.807, 2.05) is 24.3 Å². The van der Waals surface area contributed by atoms with Crippen LogP contribution in [0.5, 0.6) is 5.75 Å². The van der Waals surface area contributed by atoms with Gasteiger partial charge in [-0.2, -0.15) is 10.2 Å². The molecule has 1 N–H and O–H groups in total. The number of benzene rings is 1. The van der Waals surface area contributed by atoms with Crippen LogP contribution >= 0.6 is 0 Å². The minimum Gasteiger partial charge on any atom is -0.486 e. The van der Waals surface area contributed by atoms with Crippen molar-refractivity contribution in [2.45, 2.75) is 25.5 Å². The van der Waals surface area contributed by atoms with Crippen LogP contribution in [0.3, 0.4) is 0 Å². The van der Waals surface area contributed by atoms with E-state index >= 15 is 0 Å². The second-order valence-electron chi connectivity index (χ2n) is 8.94. The molecule has 6 heterocycles. The molecule has 172 valence electrons. The fourth-order valence-corrected chi connectivity index (χ4v) is 4.83. The van der Waals surface area contributed by atoms with Gasteiger partial charge in [0.2, 0.25) is 0 Å². The first-order valence-corrected chi connectivity index (χ1v) is 11.6. The molecule has 3 saturated heterocycles. The second-order valence-corrected chi connectivity index (χ2v) is 8.94. The maximum atomic E-state index is 12.4. The lowest BCUT2D eigenvalue weighted by molar-refractivity contribution is -0.00809. The van der Waals surface area contributed by atoms with Gasteiger partial charge in [-0.25, -0.2) is 14.6 Å². The Morgan fingerprint density at radius 1 is 1.03 bits per heavy atom. The average molecular weight is 456 g/mol. The molecule has 1 aromatic carbocycles. The smallest absolute Gasteiger partial charge is 0.267 e. The summed E-state index contributed by atoms with van der Waals surface area (Å²) in [5.41, 5.74) is 3.17. The van der Waals surface area contributed by atoms with Gasteiger partial charge in [-0.1, -0.05) is 18.2 Å². The molecule has 3 aliphatic heterocycles. The van der Waals surface area contributed by atoms with Crippen molar-refractivity contribution in [3.63, 3.8) is 0 Å². The summed E-state index contributed by atoms with van der Waals surface area (Å²) in [5.74, 6) is 1.96. The first kappa shape index (κ1) is 20.7. The van der Waals surface area contributed by atoms with E-state index in [2.05, 4.69) is 30.2 Å². The number of ether oxygens (including phenoxy) is 1. The van der Waals surface area contributed by atoms with Crippen LogP contribution in [0.1, 0.15) is 18.4 Å². The second kappa shape index (κ2) is 8.83. The SMILES string of the molecule is O=c1ccc(-c2cn[nH]c2)nn1Cc1cccc(-c2ncc(OC3CN4CCC3CC4)cn2)c1. The van der Waals surface area contributed by atoms with Crippen molar-refractivity contribution < 1.29 is 4.74 Å². The van der Waals surface area contributed by atoms with Gasteiger partial charge in [0.15, 0.2) is 11.6 Å². The molecule has 2 bridgehead atoms. The molecule has 0 amide bonds. The van der Waals surface area contributed by atoms with E-state index in [0.717, 1.165) is 23.2 Å². The molecule has 3 aliphatic rings. The van der Waals surface area contributed by atoms with Gasteiger partial charge in [0, 0.05) is 29.9 Å². The first-order chi connectivity index (χ1) is 16.7. The maximum absolute atomic E-state index is 12.4. The van der Waals surface area contributed by atoms with Crippen LogP contribution in [-0.4, -0.2) is 60.6 Å². The van der Waals surface area contributed by atoms with Crippen molar-refractivity contribution in [1.82, 2.24) is 34.8 Å². The molecule has 7 rings (SSSR count). The summed E-state index contributed by atoms with van der Waals surface area (Å²) in [4.78, 5) is 23.9. The Morgan fingerprint density at radius 3 is 2.62 bits per heavy atom. The standard InChI is InChI=1S/C25H25N7O2/c33-24-5-4-22(20-11-28-29-12-20)30-32(24)15-17-2-1-3-19(10-17)25-26-13-21(14-27-25)34-23-16-31-8-6-18(23)7-9-31/h1-5,10-14,18,23H,6-9,15-16H2,(H,28,29). The van der Waals surface area contributed by atoms with Gasteiger partial charge in [-0.05, 0) is 49.5 Å². The number of hydrogen-bond donors (Lipinski definition) is 1. The lowest BCUT2D eigenvalue weighted by Gasteiger charge is -2.44. The van der Waals surface area contributed by atoms with E-state index in [4.69, 9.17) is 4.74 Å². The summed E-state index contributed by atoms with van der Waals surface area (Å²) in [5, 5.41) is 11.2. The molecular formula is C25H25N7O2. The van der Waals surface area contributed by atoms with E-state index in [1.54, 1.807) is 30.9 Å². The number of rotatable bonds is 6. The van der Waals surface area contributed by atoms with Crippen LogP contribution < -0.4 is 10.3 Å². The van der Waals surface area contributed by atoms with Crippen LogP contribution in [0.4, 0.5) is 0 Å².